The molecule has 3 heteroatoms. The molecule has 0 fully saturated rings. The molecule has 1 aromatic rings. The first-order chi connectivity index (χ1) is 6.38. The van der Waals surface area contributed by atoms with E-state index < -0.39 is 0 Å². The van der Waals surface area contributed by atoms with Crippen LogP contribution in [0, 0.1) is 23.2 Å². The number of aldehydes is 1. The largest absolute Gasteiger partial charge is 0.298 e. The lowest BCUT2D eigenvalue weighted by molar-refractivity contribution is 0.112. The highest BCUT2D eigenvalue weighted by Gasteiger charge is 1.95. The SMILES string of the molecule is N#CCC#Cc1cnccc1C=O. The van der Waals surface area contributed by atoms with Crippen molar-refractivity contribution >= 4 is 6.29 Å². The molecule has 0 unspecified atom stereocenters. The van der Waals surface area contributed by atoms with E-state index in [4.69, 9.17) is 5.26 Å². The number of nitrogens with zero attached hydrogens (tertiary/aromatic N) is 2. The van der Waals surface area contributed by atoms with Crippen LogP contribution in [0.4, 0.5) is 0 Å². The molecule has 0 atom stereocenters. The Kier molecular flexibility index (Phi) is 3.23. The predicted molar refractivity (Wildman–Crippen MR) is 46.7 cm³/mol. The molecular weight excluding hydrogens is 164 g/mol. The van der Waals surface area contributed by atoms with Crippen LogP contribution in [0.25, 0.3) is 0 Å². The Hall–Kier alpha value is -2.13. The average molecular weight is 170 g/mol. The minimum atomic E-state index is 0.160. The third-order valence-corrected chi connectivity index (χ3v) is 1.37. The molecule has 13 heavy (non-hydrogen) atoms. The summed E-state index contributed by atoms with van der Waals surface area (Å²) in [4.78, 5) is 14.3. The Bertz CT molecular complexity index is 407. The summed E-state index contributed by atoms with van der Waals surface area (Å²) in [6, 6.07) is 3.48. The fraction of sp³-hybridized carbons (Fsp3) is 0.100. The van der Waals surface area contributed by atoms with Crippen molar-refractivity contribution in [2.75, 3.05) is 0 Å². The van der Waals surface area contributed by atoms with E-state index in [1.807, 2.05) is 6.07 Å². The standard InChI is InChI=1S/C10H6N2O/c11-5-2-1-3-9-7-12-6-4-10(9)8-13/h4,6-8H,2H2. The molecule has 0 spiro atoms. The molecule has 1 rings (SSSR count). The van der Waals surface area contributed by atoms with Crippen LogP contribution in [0.15, 0.2) is 18.5 Å². The minimum Gasteiger partial charge on any atom is -0.298 e. The van der Waals surface area contributed by atoms with Crippen molar-refractivity contribution in [1.29, 1.82) is 5.26 Å². The van der Waals surface area contributed by atoms with Crippen LogP contribution in [-0.4, -0.2) is 11.3 Å². The van der Waals surface area contributed by atoms with Crippen LogP contribution in [0.1, 0.15) is 22.3 Å². The lowest BCUT2D eigenvalue weighted by Crippen LogP contribution is -1.87. The van der Waals surface area contributed by atoms with Gasteiger partial charge < -0.3 is 0 Å². The molecule has 0 bridgehead atoms. The van der Waals surface area contributed by atoms with Crippen molar-refractivity contribution in [3.05, 3.63) is 29.6 Å². The highest BCUT2D eigenvalue weighted by atomic mass is 16.1. The van der Waals surface area contributed by atoms with Crippen molar-refractivity contribution in [3.63, 3.8) is 0 Å². The smallest absolute Gasteiger partial charge is 0.151 e. The molecule has 0 N–H and O–H groups in total. The van der Waals surface area contributed by atoms with Crippen LogP contribution < -0.4 is 0 Å². The van der Waals surface area contributed by atoms with E-state index in [1.165, 1.54) is 12.4 Å². The summed E-state index contributed by atoms with van der Waals surface area (Å²) in [5.74, 6) is 5.31. The zero-order chi connectivity index (χ0) is 9.52. The van der Waals surface area contributed by atoms with Gasteiger partial charge in [0.2, 0.25) is 0 Å². The summed E-state index contributed by atoms with van der Waals surface area (Å²) < 4.78 is 0. The topological polar surface area (TPSA) is 53.8 Å². The maximum Gasteiger partial charge on any atom is 0.151 e. The molecule has 3 nitrogen and oxygen atoms in total. The van der Waals surface area contributed by atoms with Gasteiger partial charge in [-0.2, -0.15) is 5.26 Å². The number of hydrogen-bond donors (Lipinski definition) is 0. The molecule has 0 amide bonds. The first kappa shape index (κ1) is 8.96. The molecule has 1 heterocycles. The summed E-state index contributed by atoms with van der Waals surface area (Å²) in [5, 5.41) is 8.23. The zero-order valence-corrected chi connectivity index (χ0v) is 6.82. The van der Waals surface area contributed by atoms with Crippen LogP contribution >= 0.6 is 0 Å². The van der Waals surface area contributed by atoms with Gasteiger partial charge in [0, 0.05) is 18.0 Å². The van der Waals surface area contributed by atoms with E-state index in [1.54, 1.807) is 6.07 Å². The van der Waals surface area contributed by atoms with E-state index in [2.05, 4.69) is 16.8 Å². The Morgan fingerprint density at radius 1 is 1.62 bits per heavy atom. The van der Waals surface area contributed by atoms with E-state index in [-0.39, 0.29) is 6.42 Å². The molecule has 0 radical (unpaired) electrons. The first-order valence-corrected chi connectivity index (χ1v) is 3.63. The van der Waals surface area contributed by atoms with Gasteiger partial charge in [-0.3, -0.25) is 9.78 Å². The predicted octanol–water partition coefficient (Wildman–Crippen LogP) is 1.16. The monoisotopic (exact) mass is 170 g/mol. The highest BCUT2D eigenvalue weighted by Crippen LogP contribution is 2.01. The first-order valence-electron chi connectivity index (χ1n) is 3.63. The average Bonchev–Trinajstić information content (AvgIpc) is 2.19. The van der Waals surface area contributed by atoms with Crippen molar-refractivity contribution in [1.82, 2.24) is 4.98 Å². The number of hydrogen-bond acceptors (Lipinski definition) is 3. The lowest BCUT2D eigenvalue weighted by atomic mass is 10.1. The molecule has 62 valence electrons. The summed E-state index contributed by atoms with van der Waals surface area (Å²) in [6.07, 6.45) is 3.92. The number of carbonyl (C=O) groups is 1. The van der Waals surface area contributed by atoms with E-state index >= 15 is 0 Å². The van der Waals surface area contributed by atoms with Crippen molar-refractivity contribution < 1.29 is 4.79 Å². The van der Waals surface area contributed by atoms with Gasteiger partial charge in [-0.25, -0.2) is 0 Å². The van der Waals surface area contributed by atoms with E-state index in [0.29, 0.717) is 11.1 Å². The van der Waals surface area contributed by atoms with Gasteiger partial charge in [0.25, 0.3) is 0 Å². The van der Waals surface area contributed by atoms with E-state index in [0.717, 1.165) is 6.29 Å². The molecular formula is C10H6N2O. The second-order valence-electron chi connectivity index (χ2n) is 2.22. The number of pyridine rings is 1. The number of nitriles is 1. The van der Waals surface area contributed by atoms with Crippen LogP contribution in [-0.2, 0) is 0 Å². The second kappa shape index (κ2) is 4.69. The third kappa shape index (κ3) is 2.43. The zero-order valence-electron chi connectivity index (χ0n) is 6.82. The Balaban J connectivity index is 2.97. The number of rotatable bonds is 1. The van der Waals surface area contributed by atoms with Gasteiger partial charge in [0.05, 0.1) is 18.1 Å². The molecule has 0 aromatic carbocycles. The second-order valence-corrected chi connectivity index (χ2v) is 2.22. The molecule has 0 saturated heterocycles. The van der Waals surface area contributed by atoms with Crippen LogP contribution in [0.3, 0.4) is 0 Å². The fourth-order valence-electron chi connectivity index (χ4n) is 0.791. The van der Waals surface area contributed by atoms with Crippen molar-refractivity contribution in [2.45, 2.75) is 6.42 Å². The van der Waals surface area contributed by atoms with Crippen molar-refractivity contribution in [3.8, 4) is 17.9 Å². The molecule has 0 saturated carbocycles. The van der Waals surface area contributed by atoms with Crippen LogP contribution in [0.2, 0.25) is 0 Å². The van der Waals surface area contributed by atoms with Gasteiger partial charge in [-0.05, 0) is 6.07 Å². The van der Waals surface area contributed by atoms with Gasteiger partial charge in [-0.1, -0.05) is 11.8 Å². The molecule has 0 aliphatic carbocycles. The summed E-state index contributed by atoms with van der Waals surface area (Å²) in [6.45, 7) is 0. The van der Waals surface area contributed by atoms with E-state index in [9.17, 15) is 4.79 Å². The van der Waals surface area contributed by atoms with Crippen LogP contribution in [0.5, 0.6) is 0 Å². The molecule has 1 aromatic heterocycles. The normalized spacial score (nSPS) is 7.92. The van der Waals surface area contributed by atoms with Crippen molar-refractivity contribution in [2.24, 2.45) is 0 Å². The lowest BCUT2D eigenvalue weighted by Gasteiger charge is -1.92. The summed E-state index contributed by atoms with van der Waals surface area (Å²) >= 11 is 0. The number of aromatic nitrogens is 1. The maximum absolute atomic E-state index is 10.5. The number of carbonyl (C=O) groups excluding carboxylic acids is 1. The quantitative estimate of drug-likeness (QED) is 0.469. The van der Waals surface area contributed by atoms with Gasteiger partial charge >= 0.3 is 0 Å². The Morgan fingerprint density at radius 2 is 2.46 bits per heavy atom. The van der Waals surface area contributed by atoms with Gasteiger partial charge in [0.1, 0.15) is 0 Å². The summed E-state index contributed by atoms with van der Waals surface area (Å²) in [5.41, 5.74) is 1.06. The van der Waals surface area contributed by atoms with Gasteiger partial charge in [-0.15, -0.1) is 0 Å². The highest BCUT2D eigenvalue weighted by molar-refractivity contribution is 5.78. The molecule has 0 aliphatic rings. The maximum atomic E-state index is 10.5. The minimum absolute atomic E-state index is 0.160. The summed E-state index contributed by atoms with van der Waals surface area (Å²) in [7, 11) is 0. The van der Waals surface area contributed by atoms with Gasteiger partial charge in [0.15, 0.2) is 6.29 Å². The Morgan fingerprint density at radius 3 is 3.15 bits per heavy atom. The molecule has 0 aliphatic heterocycles. The Labute approximate surface area is 76.0 Å². The third-order valence-electron chi connectivity index (χ3n) is 1.37. The fourth-order valence-corrected chi connectivity index (χ4v) is 0.791.